The van der Waals surface area contributed by atoms with E-state index in [9.17, 15) is 30.0 Å². The highest BCUT2D eigenvalue weighted by Crippen LogP contribution is 2.25. The van der Waals surface area contributed by atoms with E-state index in [-0.39, 0.29) is 55.8 Å². The van der Waals surface area contributed by atoms with Crippen molar-refractivity contribution < 1.29 is 30.0 Å². The topological polar surface area (TPSA) is 146 Å². The van der Waals surface area contributed by atoms with Gasteiger partial charge in [-0.25, -0.2) is 9.98 Å². The van der Waals surface area contributed by atoms with Crippen LogP contribution in [0, 0.1) is 5.92 Å². The third-order valence-corrected chi connectivity index (χ3v) is 6.13. The molecule has 10 nitrogen and oxygen atoms in total. The Kier molecular flexibility index (Phi) is 10.5. The van der Waals surface area contributed by atoms with Gasteiger partial charge in [0.2, 0.25) is 0 Å². The van der Waals surface area contributed by atoms with Gasteiger partial charge in [-0.2, -0.15) is 0 Å². The standard InChI is InChI=1S/C27H34N4O6/c1-19-26(36)24(28-20-2-6-22(7-3-20)30(10-14-32)11-15-33)18-25(27(19)37)29-21-4-8-23(9-5-21)31(12-16-34)13-17-35/h2-9,19,32-35H,10-18H2,1H3. The minimum atomic E-state index is -0.876. The summed E-state index contributed by atoms with van der Waals surface area (Å²) in [5.74, 6) is -1.53. The number of anilines is 2. The normalized spacial score (nSPS) is 18.0. The average Bonchev–Trinajstić information content (AvgIpc) is 2.91. The van der Waals surface area contributed by atoms with Gasteiger partial charge < -0.3 is 30.2 Å². The molecule has 0 radical (unpaired) electrons. The third-order valence-electron chi connectivity index (χ3n) is 6.13. The Morgan fingerprint density at radius 1 is 0.649 bits per heavy atom. The summed E-state index contributed by atoms with van der Waals surface area (Å²) in [6, 6.07) is 14.2. The van der Waals surface area contributed by atoms with Crippen LogP contribution in [0.4, 0.5) is 22.7 Å². The van der Waals surface area contributed by atoms with E-state index in [1.165, 1.54) is 0 Å². The quantitative estimate of drug-likeness (QED) is 0.313. The molecule has 10 heteroatoms. The van der Waals surface area contributed by atoms with Crippen LogP contribution in [0.1, 0.15) is 13.3 Å². The summed E-state index contributed by atoms with van der Waals surface area (Å²) in [6.45, 7) is 2.92. The van der Waals surface area contributed by atoms with Crippen LogP contribution < -0.4 is 9.80 Å². The van der Waals surface area contributed by atoms with Gasteiger partial charge in [-0.3, -0.25) is 9.59 Å². The van der Waals surface area contributed by atoms with Gasteiger partial charge in [-0.05, 0) is 55.5 Å². The molecule has 2 aromatic rings. The second-order valence-corrected chi connectivity index (χ2v) is 8.65. The minimum Gasteiger partial charge on any atom is -0.395 e. The Labute approximate surface area is 216 Å². The molecule has 0 spiro atoms. The largest absolute Gasteiger partial charge is 0.395 e. The maximum Gasteiger partial charge on any atom is 0.188 e. The Bertz CT molecular complexity index is 1020. The zero-order chi connectivity index (χ0) is 26.8. The molecule has 198 valence electrons. The lowest BCUT2D eigenvalue weighted by molar-refractivity contribution is -0.125. The summed E-state index contributed by atoms with van der Waals surface area (Å²) in [6.07, 6.45) is 0.0216. The fourth-order valence-corrected chi connectivity index (χ4v) is 4.15. The van der Waals surface area contributed by atoms with Crippen LogP contribution in [-0.4, -0.2) is 96.0 Å². The molecule has 0 amide bonds. The Morgan fingerprint density at radius 2 is 0.973 bits per heavy atom. The average molecular weight is 511 g/mol. The van der Waals surface area contributed by atoms with Crippen molar-refractivity contribution in [2.24, 2.45) is 15.9 Å². The van der Waals surface area contributed by atoms with Gasteiger partial charge in [0.05, 0.1) is 55.1 Å². The zero-order valence-corrected chi connectivity index (χ0v) is 21.0. The van der Waals surface area contributed by atoms with Gasteiger partial charge in [-0.1, -0.05) is 0 Å². The van der Waals surface area contributed by atoms with Crippen molar-refractivity contribution in [3.05, 3.63) is 48.5 Å². The van der Waals surface area contributed by atoms with Gasteiger partial charge in [0, 0.05) is 44.0 Å². The van der Waals surface area contributed by atoms with Crippen LogP contribution in [-0.2, 0) is 9.59 Å². The molecule has 2 aromatic carbocycles. The summed E-state index contributed by atoms with van der Waals surface area (Å²) in [4.78, 5) is 38.3. The minimum absolute atomic E-state index is 0.0216. The predicted octanol–water partition coefficient (Wildman–Crippen LogP) is 1.29. The van der Waals surface area contributed by atoms with Gasteiger partial charge in [0.1, 0.15) is 0 Å². The van der Waals surface area contributed by atoms with Crippen LogP contribution in [0.3, 0.4) is 0 Å². The van der Waals surface area contributed by atoms with Crippen molar-refractivity contribution in [1.82, 2.24) is 0 Å². The van der Waals surface area contributed by atoms with Gasteiger partial charge >= 0.3 is 0 Å². The molecule has 0 bridgehead atoms. The fraction of sp³-hybridized carbons (Fsp3) is 0.407. The molecule has 1 fully saturated rings. The highest BCUT2D eigenvalue weighted by atomic mass is 16.3. The first-order valence-corrected chi connectivity index (χ1v) is 12.3. The lowest BCUT2D eigenvalue weighted by Gasteiger charge is -2.23. The van der Waals surface area contributed by atoms with E-state index in [1.807, 2.05) is 9.80 Å². The maximum absolute atomic E-state index is 12.8. The molecule has 3 rings (SSSR count). The number of Topliss-reactive ketones (excluding diaryl/α,β-unsaturated/α-hetero) is 2. The predicted molar refractivity (Wildman–Crippen MR) is 144 cm³/mol. The van der Waals surface area contributed by atoms with Crippen LogP contribution in [0.2, 0.25) is 0 Å². The molecule has 1 aliphatic carbocycles. The van der Waals surface area contributed by atoms with Gasteiger partial charge in [0.25, 0.3) is 0 Å². The van der Waals surface area contributed by atoms with Crippen LogP contribution in [0.15, 0.2) is 58.5 Å². The lowest BCUT2D eigenvalue weighted by Crippen LogP contribution is -2.40. The lowest BCUT2D eigenvalue weighted by atomic mass is 9.85. The maximum atomic E-state index is 12.8. The molecule has 37 heavy (non-hydrogen) atoms. The van der Waals surface area contributed by atoms with Crippen LogP contribution >= 0.6 is 0 Å². The molecular formula is C27H34N4O6. The summed E-state index contributed by atoms with van der Waals surface area (Å²) < 4.78 is 0. The van der Waals surface area contributed by atoms with E-state index >= 15 is 0 Å². The van der Waals surface area contributed by atoms with Gasteiger partial charge in [0.15, 0.2) is 11.6 Å². The van der Waals surface area contributed by atoms with Crippen molar-refractivity contribution in [3.8, 4) is 0 Å². The highest BCUT2D eigenvalue weighted by molar-refractivity contribution is 6.62. The van der Waals surface area contributed by atoms with Crippen molar-refractivity contribution >= 4 is 45.7 Å². The Hall–Kier alpha value is -3.44. The molecule has 0 aliphatic heterocycles. The second-order valence-electron chi connectivity index (χ2n) is 8.65. The molecular weight excluding hydrogens is 476 g/mol. The Balaban J connectivity index is 1.82. The van der Waals surface area contributed by atoms with Crippen molar-refractivity contribution in [3.63, 3.8) is 0 Å². The number of hydrogen-bond acceptors (Lipinski definition) is 10. The summed E-state index contributed by atoms with van der Waals surface area (Å²) in [5, 5.41) is 37.0. The fourth-order valence-electron chi connectivity index (χ4n) is 4.15. The molecule has 0 atom stereocenters. The van der Waals surface area contributed by atoms with E-state index in [1.54, 1.807) is 55.5 Å². The third kappa shape index (κ3) is 7.30. The highest BCUT2D eigenvalue weighted by Gasteiger charge is 2.35. The van der Waals surface area contributed by atoms with Crippen molar-refractivity contribution in [2.45, 2.75) is 13.3 Å². The van der Waals surface area contributed by atoms with Crippen LogP contribution in [0.25, 0.3) is 0 Å². The van der Waals surface area contributed by atoms with Crippen molar-refractivity contribution in [1.29, 1.82) is 0 Å². The molecule has 1 saturated carbocycles. The van der Waals surface area contributed by atoms with E-state index in [0.29, 0.717) is 37.6 Å². The molecule has 1 aliphatic rings. The number of aliphatic hydroxyl groups is 4. The number of aliphatic imine (C=N–C) groups is 2. The Morgan fingerprint density at radius 3 is 1.27 bits per heavy atom. The van der Waals surface area contributed by atoms with Crippen molar-refractivity contribution in [2.75, 3.05) is 62.4 Å². The van der Waals surface area contributed by atoms with E-state index < -0.39 is 5.92 Å². The van der Waals surface area contributed by atoms with Crippen LogP contribution in [0.5, 0.6) is 0 Å². The first-order valence-electron chi connectivity index (χ1n) is 12.3. The molecule has 0 unspecified atom stereocenters. The van der Waals surface area contributed by atoms with E-state index in [2.05, 4.69) is 9.98 Å². The first-order chi connectivity index (χ1) is 17.9. The number of rotatable bonds is 12. The number of carbonyl (C=O) groups is 2. The first kappa shape index (κ1) is 28.1. The van der Waals surface area contributed by atoms with E-state index in [4.69, 9.17) is 0 Å². The number of benzene rings is 2. The molecule has 0 saturated heterocycles. The second kappa shape index (κ2) is 13.8. The number of carbonyl (C=O) groups excluding carboxylic acids is 2. The monoisotopic (exact) mass is 510 g/mol. The molecule has 0 heterocycles. The zero-order valence-electron chi connectivity index (χ0n) is 21.0. The van der Waals surface area contributed by atoms with Gasteiger partial charge in [-0.15, -0.1) is 0 Å². The summed E-state index contributed by atoms with van der Waals surface area (Å²) in [5.41, 5.74) is 3.25. The number of ketones is 2. The number of aliphatic hydroxyl groups excluding tert-OH is 4. The molecule has 0 aromatic heterocycles. The number of nitrogens with zero attached hydrogens (tertiary/aromatic N) is 4. The number of hydrogen-bond donors (Lipinski definition) is 4. The summed E-state index contributed by atoms with van der Waals surface area (Å²) in [7, 11) is 0. The van der Waals surface area contributed by atoms with E-state index in [0.717, 1.165) is 11.4 Å². The SMILES string of the molecule is CC1C(=O)C(=Nc2ccc(N(CCO)CCO)cc2)CC(=Nc2ccc(N(CCO)CCO)cc2)C1=O. The summed E-state index contributed by atoms with van der Waals surface area (Å²) >= 11 is 0. The molecule has 4 N–H and O–H groups in total. The smallest absolute Gasteiger partial charge is 0.188 e.